The fourth-order valence-electron chi connectivity index (χ4n) is 2.93. The van der Waals surface area contributed by atoms with Crippen molar-refractivity contribution in [2.24, 2.45) is 0 Å². The predicted molar refractivity (Wildman–Crippen MR) is 91.9 cm³/mol. The average Bonchev–Trinajstić information content (AvgIpc) is 3.02. The van der Waals surface area contributed by atoms with E-state index < -0.39 is 0 Å². The van der Waals surface area contributed by atoms with Crippen molar-refractivity contribution >= 4 is 12.0 Å². The van der Waals surface area contributed by atoms with Crippen LogP contribution in [0.2, 0.25) is 0 Å². The Morgan fingerprint density at radius 2 is 2.26 bits per heavy atom. The summed E-state index contributed by atoms with van der Waals surface area (Å²) in [5.74, 6) is 1.27. The van der Waals surface area contributed by atoms with Crippen LogP contribution in [0.3, 0.4) is 0 Å². The van der Waals surface area contributed by atoms with Gasteiger partial charge in [0.05, 0.1) is 7.11 Å². The van der Waals surface area contributed by atoms with Crippen LogP contribution < -0.4 is 14.8 Å². The smallest absolute Gasteiger partial charge is 0.260 e. The van der Waals surface area contributed by atoms with E-state index in [4.69, 9.17) is 9.47 Å². The number of rotatable bonds is 7. The molecule has 0 spiro atoms. The van der Waals surface area contributed by atoms with Crippen molar-refractivity contribution in [2.75, 3.05) is 33.9 Å². The molecule has 0 aliphatic carbocycles. The molecular formula is C18H26N2O3. The summed E-state index contributed by atoms with van der Waals surface area (Å²) in [5, 5.41) is 3.14. The zero-order valence-corrected chi connectivity index (χ0v) is 14.2. The van der Waals surface area contributed by atoms with Crippen molar-refractivity contribution in [1.82, 2.24) is 10.2 Å². The van der Waals surface area contributed by atoms with E-state index in [2.05, 4.69) is 5.32 Å². The number of allylic oxidation sites excluding steroid dienone is 1. The largest absolute Gasteiger partial charge is 0.493 e. The normalized spacial score (nSPS) is 17.7. The second-order valence-corrected chi connectivity index (χ2v) is 5.64. The highest BCUT2D eigenvalue weighted by Gasteiger charge is 2.28. The van der Waals surface area contributed by atoms with E-state index in [1.54, 1.807) is 7.11 Å². The maximum absolute atomic E-state index is 12.4. The minimum Gasteiger partial charge on any atom is -0.493 e. The summed E-state index contributed by atoms with van der Waals surface area (Å²) >= 11 is 0. The van der Waals surface area contributed by atoms with Crippen LogP contribution in [-0.4, -0.2) is 50.7 Å². The number of methoxy groups -OCH3 is 1. The van der Waals surface area contributed by atoms with Gasteiger partial charge in [-0.1, -0.05) is 18.2 Å². The number of ether oxygens (including phenoxy) is 2. The average molecular weight is 318 g/mol. The molecule has 23 heavy (non-hydrogen) atoms. The molecule has 1 atom stereocenters. The minimum atomic E-state index is 0.0299. The summed E-state index contributed by atoms with van der Waals surface area (Å²) in [6.07, 6.45) is 6.06. The molecule has 0 radical (unpaired) electrons. The van der Waals surface area contributed by atoms with E-state index in [0.29, 0.717) is 11.5 Å². The number of hydrogen-bond acceptors (Lipinski definition) is 4. The fraction of sp³-hybridized carbons (Fsp3) is 0.500. The van der Waals surface area contributed by atoms with Crippen molar-refractivity contribution in [3.63, 3.8) is 0 Å². The van der Waals surface area contributed by atoms with Crippen molar-refractivity contribution < 1.29 is 14.3 Å². The number of benzene rings is 1. The van der Waals surface area contributed by atoms with Crippen LogP contribution in [0, 0.1) is 0 Å². The van der Waals surface area contributed by atoms with Crippen molar-refractivity contribution in [3.8, 4) is 11.5 Å². The molecule has 1 amide bonds. The van der Waals surface area contributed by atoms with Gasteiger partial charge < -0.3 is 19.7 Å². The second-order valence-electron chi connectivity index (χ2n) is 5.64. The van der Waals surface area contributed by atoms with Crippen LogP contribution in [0.1, 0.15) is 25.3 Å². The second kappa shape index (κ2) is 8.58. The number of nitrogens with one attached hydrogen (secondary N) is 1. The van der Waals surface area contributed by atoms with Gasteiger partial charge in [-0.05, 0) is 44.5 Å². The van der Waals surface area contributed by atoms with Gasteiger partial charge in [0.2, 0.25) is 0 Å². The highest BCUT2D eigenvalue weighted by molar-refractivity contribution is 5.78. The Kier molecular flexibility index (Phi) is 6.47. The Hall–Kier alpha value is -2.01. The molecule has 1 aromatic carbocycles. The first kappa shape index (κ1) is 17.3. The molecule has 0 aromatic heterocycles. The lowest BCUT2D eigenvalue weighted by Gasteiger charge is -2.24. The summed E-state index contributed by atoms with van der Waals surface area (Å²) in [6.45, 7) is 3.64. The molecule has 5 nitrogen and oxygen atoms in total. The first-order valence-electron chi connectivity index (χ1n) is 8.07. The van der Waals surface area contributed by atoms with E-state index in [-0.39, 0.29) is 18.6 Å². The molecule has 126 valence electrons. The van der Waals surface area contributed by atoms with E-state index in [9.17, 15) is 4.79 Å². The molecule has 0 saturated carbocycles. The summed E-state index contributed by atoms with van der Waals surface area (Å²) in [7, 11) is 3.52. The van der Waals surface area contributed by atoms with Crippen molar-refractivity contribution in [3.05, 3.63) is 29.8 Å². The van der Waals surface area contributed by atoms with Crippen molar-refractivity contribution in [2.45, 2.75) is 25.8 Å². The summed E-state index contributed by atoms with van der Waals surface area (Å²) in [6, 6.07) is 5.97. The quantitative estimate of drug-likeness (QED) is 0.838. The van der Waals surface area contributed by atoms with Crippen molar-refractivity contribution in [1.29, 1.82) is 0 Å². The first-order valence-corrected chi connectivity index (χ1v) is 8.07. The van der Waals surface area contributed by atoms with Gasteiger partial charge in [0.1, 0.15) is 0 Å². The van der Waals surface area contributed by atoms with Crippen LogP contribution in [0.4, 0.5) is 0 Å². The summed E-state index contributed by atoms with van der Waals surface area (Å²) in [4.78, 5) is 14.3. The maximum Gasteiger partial charge on any atom is 0.260 e. The highest BCUT2D eigenvalue weighted by atomic mass is 16.5. The van der Waals surface area contributed by atoms with Gasteiger partial charge in [0.15, 0.2) is 18.1 Å². The van der Waals surface area contributed by atoms with Gasteiger partial charge >= 0.3 is 0 Å². The van der Waals surface area contributed by atoms with Gasteiger partial charge in [0, 0.05) is 19.1 Å². The van der Waals surface area contributed by atoms with Gasteiger partial charge in [-0.3, -0.25) is 4.79 Å². The van der Waals surface area contributed by atoms with Gasteiger partial charge in [-0.15, -0.1) is 0 Å². The molecule has 1 fully saturated rings. The third kappa shape index (κ3) is 4.48. The van der Waals surface area contributed by atoms with E-state index >= 15 is 0 Å². The molecule has 1 aromatic rings. The first-order chi connectivity index (χ1) is 11.2. The zero-order valence-electron chi connectivity index (χ0n) is 14.2. The van der Waals surface area contributed by atoms with Crippen LogP contribution in [0.5, 0.6) is 11.5 Å². The Bertz CT molecular complexity index is 557. The molecule has 1 aliphatic heterocycles. The monoisotopic (exact) mass is 318 g/mol. The van der Waals surface area contributed by atoms with E-state index in [0.717, 1.165) is 31.5 Å². The highest BCUT2D eigenvalue weighted by Crippen LogP contribution is 2.29. The Morgan fingerprint density at radius 1 is 1.43 bits per heavy atom. The number of carbonyl (C=O) groups excluding carboxylic acids is 1. The van der Waals surface area contributed by atoms with Gasteiger partial charge in [0.25, 0.3) is 5.91 Å². The number of nitrogens with zero attached hydrogens (tertiary/aromatic N) is 1. The minimum absolute atomic E-state index is 0.0299. The lowest BCUT2D eigenvalue weighted by Crippen LogP contribution is -2.43. The lowest BCUT2D eigenvalue weighted by molar-refractivity contribution is -0.134. The molecule has 1 unspecified atom stereocenters. The molecule has 5 heteroatoms. The third-order valence-corrected chi connectivity index (χ3v) is 4.04. The summed E-state index contributed by atoms with van der Waals surface area (Å²) in [5.41, 5.74) is 1.04. The molecule has 1 heterocycles. The Labute approximate surface area is 138 Å². The molecule has 0 bridgehead atoms. The van der Waals surface area contributed by atoms with Gasteiger partial charge in [-0.2, -0.15) is 0 Å². The number of hydrogen-bond donors (Lipinski definition) is 1. The third-order valence-electron chi connectivity index (χ3n) is 4.04. The van der Waals surface area contributed by atoms with Crippen LogP contribution in [0.15, 0.2) is 24.3 Å². The Morgan fingerprint density at radius 3 is 2.96 bits per heavy atom. The number of likely N-dealkylation sites (tertiary alicyclic amines) is 1. The maximum atomic E-state index is 12.4. The van der Waals surface area contributed by atoms with Gasteiger partial charge in [-0.25, -0.2) is 0 Å². The number of likely N-dealkylation sites (N-methyl/N-ethyl adjacent to an activating group) is 1. The van der Waals surface area contributed by atoms with Crippen LogP contribution in [0.25, 0.3) is 6.08 Å². The Balaban J connectivity index is 1.98. The molecule has 1 saturated heterocycles. The zero-order chi connectivity index (χ0) is 16.7. The van der Waals surface area contributed by atoms with E-state index in [1.807, 2.05) is 49.2 Å². The van der Waals surface area contributed by atoms with E-state index in [1.165, 1.54) is 0 Å². The number of amides is 1. The SMILES string of the molecule is C/C=C/c1ccc(OCC(=O)N2CCCC2CNC)c(OC)c1. The van der Waals surface area contributed by atoms with Crippen LogP contribution in [-0.2, 0) is 4.79 Å². The fourth-order valence-corrected chi connectivity index (χ4v) is 2.93. The lowest BCUT2D eigenvalue weighted by atomic mass is 10.2. The standard InChI is InChI=1S/C18H26N2O3/c1-4-6-14-8-9-16(17(11-14)22-3)23-13-18(21)20-10-5-7-15(20)12-19-2/h4,6,8-9,11,15,19H,5,7,10,12-13H2,1-3H3/b6-4+. The summed E-state index contributed by atoms with van der Waals surface area (Å²) < 4.78 is 11.1. The predicted octanol–water partition coefficient (Wildman–Crippen LogP) is 2.32. The topological polar surface area (TPSA) is 50.8 Å². The number of carbonyl (C=O) groups is 1. The molecule has 2 rings (SSSR count). The molecule has 1 N–H and O–H groups in total. The molecule has 1 aliphatic rings. The van der Waals surface area contributed by atoms with Crippen LogP contribution >= 0.6 is 0 Å². The molecular weight excluding hydrogens is 292 g/mol.